The summed E-state index contributed by atoms with van der Waals surface area (Å²) in [7, 11) is 0. The number of allylic oxidation sites excluding steroid dienone is 10. The number of unbranched alkanes of at least 4 members (excludes halogenated alkanes) is 1. The standard InChI is InChI=1S/C22H32O/c1-18(10-6-7-17-23)11-8-12-19(2)14-15-21-20(3)13-9-16-22(21,4)5/h8,10-12,14-15,17H,6-7,9,13,16H2,1-5H3/b11-8+,15-14+,18-10+,19-12+. The molecular formula is C22H32O. The maximum atomic E-state index is 10.3. The molecule has 1 heteroatoms. The van der Waals surface area contributed by atoms with Crippen molar-refractivity contribution in [1.82, 2.24) is 0 Å². The Balaban J connectivity index is 2.69. The molecule has 0 heterocycles. The van der Waals surface area contributed by atoms with Crippen molar-refractivity contribution in [2.75, 3.05) is 0 Å². The molecule has 0 aliphatic heterocycles. The first-order valence-electron chi connectivity index (χ1n) is 8.70. The van der Waals surface area contributed by atoms with Crippen molar-refractivity contribution in [1.29, 1.82) is 0 Å². The summed E-state index contributed by atoms with van der Waals surface area (Å²) in [5.74, 6) is 0. The first kappa shape index (κ1) is 19.4. The highest BCUT2D eigenvalue weighted by atomic mass is 16.1. The molecule has 0 saturated carbocycles. The maximum absolute atomic E-state index is 10.3. The van der Waals surface area contributed by atoms with Crippen molar-refractivity contribution >= 4 is 6.29 Å². The minimum absolute atomic E-state index is 0.298. The summed E-state index contributed by atoms with van der Waals surface area (Å²) < 4.78 is 0. The van der Waals surface area contributed by atoms with Gasteiger partial charge in [0.15, 0.2) is 0 Å². The number of carbonyl (C=O) groups is 1. The van der Waals surface area contributed by atoms with Crippen molar-refractivity contribution in [3.63, 3.8) is 0 Å². The van der Waals surface area contributed by atoms with Crippen LogP contribution in [0.5, 0.6) is 0 Å². The van der Waals surface area contributed by atoms with Crippen LogP contribution >= 0.6 is 0 Å². The second-order valence-corrected chi connectivity index (χ2v) is 7.23. The van der Waals surface area contributed by atoms with E-state index in [9.17, 15) is 4.79 Å². The van der Waals surface area contributed by atoms with E-state index in [0.29, 0.717) is 11.8 Å². The Morgan fingerprint density at radius 1 is 1.13 bits per heavy atom. The van der Waals surface area contributed by atoms with Gasteiger partial charge in [-0.3, -0.25) is 0 Å². The Labute approximate surface area is 142 Å². The van der Waals surface area contributed by atoms with E-state index in [1.807, 2.05) is 0 Å². The van der Waals surface area contributed by atoms with Crippen molar-refractivity contribution in [2.24, 2.45) is 5.41 Å². The van der Waals surface area contributed by atoms with E-state index in [1.54, 1.807) is 0 Å². The van der Waals surface area contributed by atoms with E-state index < -0.39 is 0 Å². The average Bonchev–Trinajstić information content (AvgIpc) is 2.46. The monoisotopic (exact) mass is 312 g/mol. The van der Waals surface area contributed by atoms with Gasteiger partial charge in [-0.1, -0.05) is 67.0 Å². The fraction of sp³-hybridized carbons (Fsp3) is 0.500. The Bertz CT molecular complexity index is 551. The van der Waals surface area contributed by atoms with Crippen molar-refractivity contribution in [3.05, 3.63) is 58.7 Å². The van der Waals surface area contributed by atoms with Crippen molar-refractivity contribution in [3.8, 4) is 0 Å². The zero-order valence-electron chi connectivity index (χ0n) is 15.5. The van der Waals surface area contributed by atoms with E-state index in [2.05, 4.69) is 71.1 Å². The third-order valence-electron chi connectivity index (χ3n) is 4.52. The number of hydrogen-bond donors (Lipinski definition) is 0. The summed E-state index contributed by atoms with van der Waals surface area (Å²) in [6.07, 6.45) is 19.2. The van der Waals surface area contributed by atoms with E-state index in [4.69, 9.17) is 0 Å². The number of carbonyl (C=O) groups excluding carboxylic acids is 1. The molecule has 126 valence electrons. The van der Waals surface area contributed by atoms with E-state index in [-0.39, 0.29) is 0 Å². The molecule has 1 nitrogen and oxygen atoms in total. The molecule has 0 fully saturated rings. The minimum atomic E-state index is 0.298. The van der Waals surface area contributed by atoms with Crippen molar-refractivity contribution < 1.29 is 4.79 Å². The average molecular weight is 312 g/mol. The quantitative estimate of drug-likeness (QED) is 0.298. The first-order chi connectivity index (χ1) is 10.9. The number of rotatable bonds is 7. The minimum Gasteiger partial charge on any atom is -0.303 e. The third kappa shape index (κ3) is 6.99. The lowest BCUT2D eigenvalue weighted by Gasteiger charge is -2.32. The lowest BCUT2D eigenvalue weighted by Crippen LogP contribution is -2.19. The van der Waals surface area contributed by atoms with Crippen LogP contribution in [0.1, 0.15) is 66.7 Å². The van der Waals surface area contributed by atoms with Gasteiger partial charge in [-0.05, 0) is 57.4 Å². The van der Waals surface area contributed by atoms with Crippen LogP contribution in [0.4, 0.5) is 0 Å². The van der Waals surface area contributed by atoms with Crippen LogP contribution in [0.15, 0.2) is 58.7 Å². The summed E-state index contributed by atoms with van der Waals surface area (Å²) >= 11 is 0. The number of aldehydes is 1. The molecule has 0 atom stereocenters. The third-order valence-corrected chi connectivity index (χ3v) is 4.52. The van der Waals surface area contributed by atoms with Gasteiger partial charge in [0.25, 0.3) is 0 Å². The first-order valence-corrected chi connectivity index (χ1v) is 8.70. The zero-order chi connectivity index (χ0) is 17.3. The molecule has 0 aromatic heterocycles. The van der Waals surface area contributed by atoms with Crippen LogP contribution in [0.2, 0.25) is 0 Å². The van der Waals surface area contributed by atoms with Gasteiger partial charge in [0, 0.05) is 6.42 Å². The summed E-state index contributed by atoms with van der Waals surface area (Å²) in [6.45, 7) is 11.2. The molecular weight excluding hydrogens is 280 g/mol. The Kier molecular flexibility index (Phi) is 8.02. The molecule has 0 aromatic rings. The summed E-state index contributed by atoms with van der Waals surface area (Å²) in [5, 5.41) is 0. The van der Waals surface area contributed by atoms with E-state index >= 15 is 0 Å². The molecule has 0 spiro atoms. The van der Waals surface area contributed by atoms with Gasteiger partial charge in [-0.15, -0.1) is 0 Å². The highest BCUT2D eigenvalue weighted by Gasteiger charge is 2.26. The SMILES string of the molecule is CC1=C(/C=C/C(C)=C/C=C/C(C)=C/CCC=O)C(C)(C)CCC1. The van der Waals surface area contributed by atoms with Gasteiger partial charge in [-0.25, -0.2) is 0 Å². The molecule has 0 amide bonds. The van der Waals surface area contributed by atoms with Crippen LogP contribution in [0.3, 0.4) is 0 Å². The molecule has 1 rings (SSSR count). The molecule has 0 aromatic carbocycles. The maximum Gasteiger partial charge on any atom is 0.120 e. The van der Waals surface area contributed by atoms with E-state index in [0.717, 1.165) is 12.7 Å². The predicted octanol–water partition coefficient (Wildman–Crippen LogP) is 6.50. The zero-order valence-corrected chi connectivity index (χ0v) is 15.5. The molecule has 0 radical (unpaired) electrons. The van der Waals surface area contributed by atoms with Crippen molar-refractivity contribution in [2.45, 2.75) is 66.7 Å². The Morgan fingerprint density at radius 3 is 2.52 bits per heavy atom. The summed E-state index contributed by atoms with van der Waals surface area (Å²) in [4.78, 5) is 10.3. The largest absolute Gasteiger partial charge is 0.303 e. The van der Waals surface area contributed by atoms with Crippen LogP contribution in [0, 0.1) is 5.41 Å². The normalized spacial score (nSPS) is 19.9. The fourth-order valence-corrected chi connectivity index (χ4v) is 3.08. The van der Waals surface area contributed by atoms with Gasteiger partial charge >= 0.3 is 0 Å². The fourth-order valence-electron chi connectivity index (χ4n) is 3.08. The number of hydrogen-bond acceptors (Lipinski definition) is 1. The highest BCUT2D eigenvalue weighted by Crippen LogP contribution is 2.40. The summed E-state index contributed by atoms with van der Waals surface area (Å²) in [6, 6.07) is 0. The second kappa shape index (κ2) is 9.50. The smallest absolute Gasteiger partial charge is 0.120 e. The molecule has 0 N–H and O–H groups in total. The van der Waals surface area contributed by atoms with Gasteiger partial charge in [0.2, 0.25) is 0 Å². The summed E-state index contributed by atoms with van der Waals surface area (Å²) in [5.41, 5.74) is 5.79. The van der Waals surface area contributed by atoms with Crippen LogP contribution in [-0.4, -0.2) is 6.29 Å². The van der Waals surface area contributed by atoms with Gasteiger partial charge < -0.3 is 4.79 Å². The molecule has 0 saturated heterocycles. The highest BCUT2D eigenvalue weighted by molar-refractivity contribution is 5.49. The van der Waals surface area contributed by atoms with Gasteiger partial charge in [0.05, 0.1) is 0 Å². The Morgan fingerprint density at radius 2 is 1.87 bits per heavy atom. The van der Waals surface area contributed by atoms with Crippen LogP contribution in [0.25, 0.3) is 0 Å². The Hall–Kier alpha value is -1.63. The van der Waals surface area contributed by atoms with Gasteiger partial charge in [-0.2, -0.15) is 0 Å². The molecule has 1 aliphatic rings. The van der Waals surface area contributed by atoms with Gasteiger partial charge in [0.1, 0.15) is 6.29 Å². The lowest BCUT2D eigenvalue weighted by atomic mass is 9.72. The van der Waals surface area contributed by atoms with Crippen LogP contribution < -0.4 is 0 Å². The predicted molar refractivity (Wildman–Crippen MR) is 101 cm³/mol. The molecule has 1 aliphatic carbocycles. The lowest BCUT2D eigenvalue weighted by molar-refractivity contribution is -0.107. The molecule has 0 bridgehead atoms. The topological polar surface area (TPSA) is 17.1 Å². The molecule has 0 unspecified atom stereocenters. The second-order valence-electron chi connectivity index (χ2n) is 7.23. The van der Waals surface area contributed by atoms with E-state index in [1.165, 1.54) is 41.6 Å². The van der Waals surface area contributed by atoms with Crippen LogP contribution in [-0.2, 0) is 4.79 Å². The molecule has 23 heavy (non-hydrogen) atoms.